The van der Waals surface area contributed by atoms with Crippen LogP contribution in [-0.4, -0.2) is 28.0 Å². The Morgan fingerprint density at radius 1 is 1.21 bits per heavy atom. The summed E-state index contributed by atoms with van der Waals surface area (Å²) in [5, 5.41) is 16.9. The molecule has 0 heterocycles. The van der Waals surface area contributed by atoms with Crippen molar-refractivity contribution in [2.45, 2.75) is 11.8 Å². The first kappa shape index (κ1) is 21.0. The lowest BCUT2D eigenvalue weighted by atomic mass is 10.1. The van der Waals surface area contributed by atoms with Crippen molar-refractivity contribution in [2.75, 3.05) is 19.0 Å². The molecule has 0 fully saturated rings. The number of hydrogen-bond donors (Lipinski definition) is 2. The fourth-order valence-electron chi connectivity index (χ4n) is 2.29. The van der Waals surface area contributed by atoms with E-state index < -0.39 is 15.9 Å². The highest BCUT2D eigenvalue weighted by atomic mass is 32.2. The minimum absolute atomic E-state index is 0.0803. The lowest BCUT2D eigenvalue weighted by Crippen LogP contribution is -2.14. The molecule has 2 rings (SSSR count). The summed E-state index contributed by atoms with van der Waals surface area (Å²) in [5.74, 6) is 0.395. The van der Waals surface area contributed by atoms with Crippen LogP contribution in [0.5, 0.6) is 11.5 Å². The van der Waals surface area contributed by atoms with E-state index in [1.165, 1.54) is 37.5 Å². The second kappa shape index (κ2) is 9.03. The molecule has 0 aliphatic rings. The summed E-state index contributed by atoms with van der Waals surface area (Å²) >= 11 is 0. The van der Waals surface area contributed by atoms with Crippen molar-refractivity contribution in [1.29, 1.82) is 5.26 Å². The van der Waals surface area contributed by atoms with Crippen LogP contribution < -0.4 is 19.9 Å². The van der Waals surface area contributed by atoms with Gasteiger partial charge in [0.25, 0.3) is 5.91 Å². The van der Waals surface area contributed by atoms with Gasteiger partial charge in [0.15, 0.2) is 11.5 Å². The number of carbonyl (C=O) groups is 1. The number of ether oxygens (including phenoxy) is 2. The number of hydrogen-bond acceptors (Lipinski definition) is 6. The van der Waals surface area contributed by atoms with Crippen LogP contribution in [0.4, 0.5) is 5.69 Å². The Bertz CT molecular complexity index is 1040. The van der Waals surface area contributed by atoms with Crippen molar-refractivity contribution < 1.29 is 22.7 Å². The smallest absolute Gasteiger partial charge is 0.266 e. The van der Waals surface area contributed by atoms with Crippen molar-refractivity contribution in [3.05, 3.63) is 53.6 Å². The van der Waals surface area contributed by atoms with E-state index in [0.717, 1.165) is 0 Å². The summed E-state index contributed by atoms with van der Waals surface area (Å²) in [6, 6.07) is 12.2. The molecule has 0 atom stereocenters. The number of anilines is 1. The van der Waals surface area contributed by atoms with Gasteiger partial charge in [0.1, 0.15) is 11.6 Å². The molecule has 0 aliphatic carbocycles. The number of carbonyl (C=O) groups excluding carboxylic acids is 1. The minimum atomic E-state index is -3.82. The van der Waals surface area contributed by atoms with Gasteiger partial charge in [0, 0.05) is 5.69 Å². The third-order valence-corrected chi connectivity index (χ3v) is 4.53. The van der Waals surface area contributed by atoms with E-state index in [1.807, 2.05) is 13.0 Å². The maximum atomic E-state index is 12.4. The monoisotopic (exact) mass is 401 g/mol. The van der Waals surface area contributed by atoms with Gasteiger partial charge >= 0.3 is 0 Å². The normalized spacial score (nSPS) is 11.4. The lowest BCUT2D eigenvalue weighted by molar-refractivity contribution is -0.112. The standard InChI is InChI=1S/C19H19N3O5S/c1-3-27-18-11-13(4-9-17(18)26-2)10-14(12-20)19(23)22-15-5-7-16(8-6-15)28(21,24)25/h4-11H,3H2,1-2H3,(H,22,23)(H2,21,24,25)/b14-10+. The molecule has 146 valence electrons. The molecule has 0 saturated heterocycles. The molecule has 2 aromatic rings. The molecule has 3 N–H and O–H groups in total. The fraction of sp³-hybridized carbons (Fsp3) is 0.158. The number of nitriles is 1. The quantitative estimate of drug-likeness (QED) is 0.540. The van der Waals surface area contributed by atoms with Crippen LogP contribution >= 0.6 is 0 Å². The Morgan fingerprint density at radius 2 is 1.89 bits per heavy atom. The van der Waals surface area contributed by atoms with E-state index in [9.17, 15) is 18.5 Å². The molecule has 1 amide bonds. The van der Waals surface area contributed by atoms with Gasteiger partial charge in [0.05, 0.1) is 18.6 Å². The van der Waals surface area contributed by atoms with E-state index in [2.05, 4.69) is 5.32 Å². The predicted octanol–water partition coefficient (Wildman–Crippen LogP) is 2.29. The van der Waals surface area contributed by atoms with Crippen molar-refractivity contribution >= 4 is 27.7 Å². The first-order chi connectivity index (χ1) is 13.3. The molecule has 0 radical (unpaired) electrons. The number of rotatable bonds is 7. The van der Waals surface area contributed by atoms with Crippen LogP contribution in [0.1, 0.15) is 12.5 Å². The topological polar surface area (TPSA) is 132 Å². The molecule has 0 saturated carbocycles. The van der Waals surface area contributed by atoms with Gasteiger partial charge in [0.2, 0.25) is 10.0 Å². The third-order valence-electron chi connectivity index (χ3n) is 3.60. The number of primary sulfonamides is 1. The van der Waals surface area contributed by atoms with Crippen LogP contribution in [0.3, 0.4) is 0 Å². The first-order valence-corrected chi connectivity index (χ1v) is 9.70. The van der Waals surface area contributed by atoms with E-state index in [4.69, 9.17) is 14.6 Å². The Kier molecular flexibility index (Phi) is 6.76. The maximum absolute atomic E-state index is 12.4. The second-order valence-electron chi connectivity index (χ2n) is 5.54. The molecule has 28 heavy (non-hydrogen) atoms. The first-order valence-electron chi connectivity index (χ1n) is 8.15. The predicted molar refractivity (Wildman–Crippen MR) is 104 cm³/mol. The molecule has 0 aliphatic heterocycles. The van der Waals surface area contributed by atoms with Crippen molar-refractivity contribution in [2.24, 2.45) is 5.14 Å². The Balaban J connectivity index is 2.23. The summed E-state index contributed by atoms with van der Waals surface area (Å²) < 4.78 is 33.2. The third kappa shape index (κ3) is 5.33. The number of methoxy groups -OCH3 is 1. The summed E-state index contributed by atoms with van der Waals surface area (Å²) in [6.45, 7) is 2.26. The summed E-state index contributed by atoms with van der Waals surface area (Å²) in [5.41, 5.74) is 0.770. The zero-order chi connectivity index (χ0) is 20.7. The van der Waals surface area contributed by atoms with Crippen molar-refractivity contribution in [3.8, 4) is 17.6 Å². The largest absolute Gasteiger partial charge is 0.493 e. The van der Waals surface area contributed by atoms with Gasteiger partial charge in [-0.25, -0.2) is 13.6 Å². The van der Waals surface area contributed by atoms with Gasteiger partial charge in [-0.2, -0.15) is 5.26 Å². The minimum Gasteiger partial charge on any atom is -0.493 e. The zero-order valence-electron chi connectivity index (χ0n) is 15.3. The van der Waals surface area contributed by atoms with Crippen LogP contribution in [0, 0.1) is 11.3 Å². The van der Waals surface area contributed by atoms with E-state index in [0.29, 0.717) is 29.4 Å². The highest BCUT2D eigenvalue weighted by Crippen LogP contribution is 2.29. The lowest BCUT2D eigenvalue weighted by Gasteiger charge is -2.10. The SMILES string of the molecule is CCOc1cc(/C=C(\C#N)C(=O)Nc2ccc(S(N)(=O)=O)cc2)ccc1OC. The molecular formula is C19H19N3O5S. The molecule has 8 nitrogen and oxygen atoms in total. The number of benzene rings is 2. The highest BCUT2D eigenvalue weighted by Gasteiger charge is 2.12. The molecule has 2 aromatic carbocycles. The summed E-state index contributed by atoms with van der Waals surface area (Å²) in [6.07, 6.45) is 1.41. The maximum Gasteiger partial charge on any atom is 0.266 e. The molecule has 0 aromatic heterocycles. The average Bonchev–Trinajstić information content (AvgIpc) is 2.66. The van der Waals surface area contributed by atoms with Gasteiger partial charge in [-0.1, -0.05) is 6.07 Å². The zero-order valence-corrected chi connectivity index (χ0v) is 16.1. The molecule has 0 bridgehead atoms. The Hall–Kier alpha value is -3.35. The molecule has 0 spiro atoms. The van der Waals surface area contributed by atoms with Crippen LogP contribution in [0.15, 0.2) is 52.9 Å². The van der Waals surface area contributed by atoms with Crippen molar-refractivity contribution in [1.82, 2.24) is 0 Å². The van der Waals surface area contributed by atoms with Crippen LogP contribution in [0.25, 0.3) is 6.08 Å². The van der Waals surface area contributed by atoms with Crippen LogP contribution in [0.2, 0.25) is 0 Å². The number of nitrogens with one attached hydrogen (secondary N) is 1. The fourth-order valence-corrected chi connectivity index (χ4v) is 2.81. The van der Waals surface area contributed by atoms with Gasteiger partial charge in [-0.3, -0.25) is 4.79 Å². The average molecular weight is 401 g/mol. The van der Waals surface area contributed by atoms with Gasteiger partial charge < -0.3 is 14.8 Å². The number of sulfonamides is 1. The van der Waals surface area contributed by atoms with Gasteiger partial charge in [-0.05, 0) is 55.0 Å². The number of nitrogens with zero attached hydrogens (tertiary/aromatic N) is 1. The van der Waals surface area contributed by atoms with E-state index in [1.54, 1.807) is 18.2 Å². The highest BCUT2D eigenvalue weighted by molar-refractivity contribution is 7.89. The molecular weight excluding hydrogens is 382 g/mol. The summed E-state index contributed by atoms with van der Waals surface area (Å²) in [7, 11) is -2.31. The number of amides is 1. The van der Waals surface area contributed by atoms with Crippen LogP contribution in [-0.2, 0) is 14.8 Å². The number of nitrogens with two attached hydrogens (primary N) is 1. The molecule has 9 heteroatoms. The molecule has 0 unspecified atom stereocenters. The van der Waals surface area contributed by atoms with Gasteiger partial charge in [-0.15, -0.1) is 0 Å². The Labute approximate surface area is 163 Å². The van der Waals surface area contributed by atoms with E-state index in [-0.39, 0.29) is 10.5 Å². The Morgan fingerprint density at radius 3 is 2.43 bits per heavy atom. The summed E-state index contributed by atoms with van der Waals surface area (Å²) in [4.78, 5) is 12.3. The van der Waals surface area contributed by atoms with E-state index >= 15 is 0 Å². The second-order valence-corrected chi connectivity index (χ2v) is 7.10. The van der Waals surface area contributed by atoms with Crippen molar-refractivity contribution in [3.63, 3.8) is 0 Å².